The highest BCUT2D eigenvalue weighted by Gasteiger charge is 2.22. The molecule has 1 aromatic carbocycles. The van der Waals surface area contributed by atoms with Crippen LogP contribution in [0.2, 0.25) is 0 Å². The lowest BCUT2D eigenvalue weighted by Crippen LogP contribution is -2.28. The number of aromatic nitrogens is 4. The van der Waals surface area contributed by atoms with Crippen LogP contribution in [-0.4, -0.2) is 39.3 Å². The number of benzene rings is 1. The Morgan fingerprint density at radius 3 is 3.22 bits per heavy atom. The smallest absolute Gasteiger partial charge is 0.210 e. The highest BCUT2D eigenvalue weighted by atomic mass is 19.1. The summed E-state index contributed by atoms with van der Waals surface area (Å²) >= 11 is 0. The van der Waals surface area contributed by atoms with E-state index in [1.165, 1.54) is 6.07 Å². The van der Waals surface area contributed by atoms with Crippen LogP contribution in [0.25, 0.3) is 5.65 Å². The number of rotatable bonds is 4. The predicted molar refractivity (Wildman–Crippen MR) is 98.6 cm³/mol. The summed E-state index contributed by atoms with van der Waals surface area (Å²) in [6, 6.07) is 3.16. The Hall–Kier alpha value is -2.74. The van der Waals surface area contributed by atoms with Crippen molar-refractivity contribution in [3.63, 3.8) is 0 Å². The van der Waals surface area contributed by atoms with Gasteiger partial charge in [-0.05, 0) is 31.5 Å². The molecule has 1 saturated heterocycles. The maximum Gasteiger partial charge on any atom is 0.210 e. The molecular formula is C19H21FN6O. The summed E-state index contributed by atoms with van der Waals surface area (Å²) in [5.41, 5.74) is 3.48. The average Bonchev–Trinajstić information content (AvgIpc) is 3.37. The summed E-state index contributed by atoms with van der Waals surface area (Å²) in [6.45, 7) is 2.92. The van der Waals surface area contributed by atoms with Crippen LogP contribution in [-0.2, 0) is 13.0 Å². The lowest BCUT2D eigenvalue weighted by atomic mass is 9.93. The summed E-state index contributed by atoms with van der Waals surface area (Å²) in [4.78, 5) is 4.58. The molecule has 0 bridgehead atoms. The van der Waals surface area contributed by atoms with E-state index in [0.717, 1.165) is 54.9 Å². The molecule has 27 heavy (non-hydrogen) atoms. The molecule has 2 aromatic heterocycles. The SMILES string of the molecule is Fc1ccc2c(c1CNc1ncc(C3CCCNC3)c3nncn13)CCO2. The average molecular weight is 368 g/mol. The molecule has 0 saturated carbocycles. The molecule has 0 spiro atoms. The van der Waals surface area contributed by atoms with Crippen LogP contribution in [0, 0.1) is 5.82 Å². The molecule has 5 rings (SSSR count). The van der Waals surface area contributed by atoms with Gasteiger partial charge in [0.15, 0.2) is 5.65 Å². The third-order valence-corrected chi connectivity index (χ3v) is 5.46. The molecule has 1 fully saturated rings. The van der Waals surface area contributed by atoms with Gasteiger partial charge in [-0.25, -0.2) is 9.37 Å². The van der Waals surface area contributed by atoms with E-state index in [0.29, 0.717) is 30.6 Å². The van der Waals surface area contributed by atoms with E-state index in [2.05, 4.69) is 25.8 Å². The number of piperidine rings is 1. The topological polar surface area (TPSA) is 76.4 Å². The number of hydrogen-bond donors (Lipinski definition) is 2. The Morgan fingerprint density at radius 2 is 2.33 bits per heavy atom. The first-order chi connectivity index (χ1) is 13.3. The van der Waals surface area contributed by atoms with Gasteiger partial charge in [-0.15, -0.1) is 10.2 Å². The van der Waals surface area contributed by atoms with Gasteiger partial charge in [0.2, 0.25) is 5.95 Å². The van der Waals surface area contributed by atoms with Crippen molar-refractivity contribution in [2.45, 2.75) is 31.7 Å². The van der Waals surface area contributed by atoms with Crippen molar-refractivity contribution in [3.8, 4) is 5.75 Å². The molecule has 0 aliphatic carbocycles. The second kappa shape index (κ2) is 6.77. The molecule has 2 aliphatic heterocycles. The van der Waals surface area contributed by atoms with Crippen LogP contribution >= 0.6 is 0 Å². The number of halogens is 1. The summed E-state index contributed by atoms with van der Waals surface area (Å²) in [5, 5.41) is 15.0. The maximum absolute atomic E-state index is 14.4. The van der Waals surface area contributed by atoms with E-state index in [9.17, 15) is 4.39 Å². The normalized spacial score (nSPS) is 19.1. The Labute approximate surface area is 156 Å². The summed E-state index contributed by atoms with van der Waals surface area (Å²) in [6.07, 6.45) is 6.52. The third-order valence-electron chi connectivity index (χ3n) is 5.46. The van der Waals surface area contributed by atoms with Gasteiger partial charge in [-0.1, -0.05) is 0 Å². The summed E-state index contributed by atoms with van der Waals surface area (Å²) in [5.74, 6) is 1.55. The maximum atomic E-state index is 14.4. The highest BCUT2D eigenvalue weighted by molar-refractivity contribution is 5.53. The molecule has 8 heteroatoms. The lowest BCUT2D eigenvalue weighted by molar-refractivity contribution is 0.356. The zero-order valence-electron chi connectivity index (χ0n) is 14.9. The van der Waals surface area contributed by atoms with Crippen molar-refractivity contribution in [2.75, 3.05) is 25.0 Å². The summed E-state index contributed by atoms with van der Waals surface area (Å²) in [7, 11) is 0. The van der Waals surface area contributed by atoms with Crippen LogP contribution in [0.15, 0.2) is 24.7 Å². The Balaban J connectivity index is 1.44. The van der Waals surface area contributed by atoms with E-state index >= 15 is 0 Å². The third kappa shape index (κ3) is 2.90. The number of ether oxygens (including phenoxy) is 1. The molecule has 140 valence electrons. The van der Waals surface area contributed by atoms with Gasteiger partial charge in [-0.3, -0.25) is 4.40 Å². The van der Waals surface area contributed by atoms with Crippen molar-refractivity contribution in [1.29, 1.82) is 0 Å². The number of anilines is 1. The Kier molecular flexibility index (Phi) is 4.12. The van der Waals surface area contributed by atoms with Crippen LogP contribution in [0.1, 0.15) is 35.4 Å². The van der Waals surface area contributed by atoms with Crippen molar-refractivity contribution in [2.24, 2.45) is 0 Å². The molecule has 0 radical (unpaired) electrons. The van der Waals surface area contributed by atoms with Gasteiger partial charge in [0.25, 0.3) is 0 Å². The molecule has 1 unspecified atom stereocenters. The standard InChI is InChI=1S/C19H21FN6O/c20-16-3-4-17-13(5-7-27-17)15(16)10-23-19-22-9-14(12-2-1-6-21-8-12)18-25-24-11-26(18)19/h3-4,9,11-12,21H,1-2,5-8,10H2,(H,22,23). The molecule has 2 aliphatic rings. The van der Waals surface area contributed by atoms with E-state index in [-0.39, 0.29) is 5.82 Å². The van der Waals surface area contributed by atoms with E-state index in [1.54, 1.807) is 12.4 Å². The minimum atomic E-state index is -0.225. The van der Waals surface area contributed by atoms with Gasteiger partial charge in [0.05, 0.1) is 6.61 Å². The van der Waals surface area contributed by atoms with Gasteiger partial charge >= 0.3 is 0 Å². The van der Waals surface area contributed by atoms with Gasteiger partial charge in [-0.2, -0.15) is 0 Å². The van der Waals surface area contributed by atoms with Gasteiger partial charge < -0.3 is 15.4 Å². The molecule has 0 amide bonds. The molecule has 7 nitrogen and oxygen atoms in total. The molecular weight excluding hydrogens is 347 g/mol. The fraction of sp³-hybridized carbons (Fsp3) is 0.421. The largest absolute Gasteiger partial charge is 0.493 e. The van der Waals surface area contributed by atoms with E-state index in [4.69, 9.17) is 4.74 Å². The predicted octanol–water partition coefficient (Wildman–Crippen LogP) is 2.28. The number of fused-ring (bicyclic) bond motifs is 2. The summed E-state index contributed by atoms with van der Waals surface area (Å²) < 4.78 is 21.7. The molecule has 3 aromatic rings. The van der Waals surface area contributed by atoms with Crippen LogP contribution in [0.5, 0.6) is 5.75 Å². The van der Waals surface area contributed by atoms with E-state index in [1.807, 2.05) is 10.6 Å². The van der Waals surface area contributed by atoms with Crippen molar-refractivity contribution >= 4 is 11.6 Å². The molecule has 2 N–H and O–H groups in total. The second-order valence-electron chi connectivity index (χ2n) is 7.06. The van der Waals surface area contributed by atoms with Crippen molar-refractivity contribution in [1.82, 2.24) is 24.9 Å². The number of hydrogen-bond acceptors (Lipinski definition) is 6. The zero-order valence-corrected chi connectivity index (χ0v) is 14.9. The number of nitrogens with one attached hydrogen (secondary N) is 2. The lowest BCUT2D eigenvalue weighted by Gasteiger charge is -2.23. The monoisotopic (exact) mass is 368 g/mol. The fourth-order valence-electron chi connectivity index (χ4n) is 4.05. The highest BCUT2D eigenvalue weighted by Crippen LogP contribution is 2.31. The first-order valence-corrected chi connectivity index (χ1v) is 9.37. The fourth-order valence-corrected chi connectivity index (χ4v) is 4.05. The van der Waals surface area contributed by atoms with E-state index < -0.39 is 0 Å². The van der Waals surface area contributed by atoms with Crippen molar-refractivity contribution < 1.29 is 9.13 Å². The first kappa shape index (κ1) is 16.4. The minimum Gasteiger partial charge on any atom is -0.493 e. The molecule has 1 atom stereocenters. The van der Waals surface area contributed by atoms with Crippen LogP contribution in [0.3, 0.4) is 0 Å². The minimum absolute atomic E-state index is 0.225. The quantitative estimate of drug-likeness (QED) is 0.736. The van der Waals surface area contributed by atoms with Crippen LogP contribution in [0.4, 0.5) is 10.3 Å². The van der Waals surface area contributed by atoms with Gasteiger partial charge in [0, 0.05) is 48.3 Å². The second-order valence-corrected chi connectivity index (χ2v) is 7.06. The van der Waals surface area contributed by atoms with Crippen LogP contribution < -0.4 is 15.4 Å². The Bertz CT molecular complexity index is 982. The van der Waals surface area contributed by atoms with Gasteiger partial charge in [0.1, 0.15) is 17.9 Å². The Morgan fingerprint density at radius 1 is 1.37 bits per heavy atom. The first-order valence-electron chi connectivity index (χ1n) is 9.37. The number of nitrogens with zero attached hydrogens (tertiary/aromatic N) is 4. The van der Waals surface area contributed by atoms with Crippen molar-refractivity contribution in [3.05, 3.63) is 47.2 Å². The zero-order chi connectivity index (χ0) is 18.2. The molecule has 4 heterocycles.